The Hall–Kier alpha value is -1.77. The van der Waals surface area contributed by atoms with Gasteiger partial charge in [-0.1, -0.05) is 12.8 Å². The molecule has 0 atom stereocenters. The molecule has 1 saturated carbocycles. The van der Waals surface area contributed by atoms with Crippen molar-refractivity contribution in [1.82, 2.24) is 0 Å². The number of ether oxygens (including phenoxy) is 1. The van der Waals surface area contributed by atoms with Crippen LogP contribution in [0.4, 0.5) is 0 Å². The maximum absolute atomic E-state index is 10.5. The SMILES string of the molecule is Cc1cc(C=CC(=O)O)cc(C)c1OCC1CCCC1. The molecule has 0 bridgehead atoms. The average Bonchev–Trinajstić information content (AvgIpc) is 2.88. The summed E-state index contributed by atoms with van der Waals surface area (Å²) in [4.78, 5) is 10.5. The highest BCUT2D eigenvalue weighted by Gasteiger charge is 2.16. The van der Waals surface area contributed by atoms with E-state index in [0.29, 0.717) is 5.92 Å². The van der Waals surface area contributed by atoms with Gasteiger partial charge in [-0.15, -0.1) is 0 Å². The highest BCUT2D eigenvalue weighted by molar-refractivity contribution is 5.85. The number of aliphatic carboxylic acids is 1. The molecule has 108 valence electrons. The van der Waals surface area contributed by atoms with Crippen molar-refractivity contribution in [3.63, 3.8) is 0 Å². The lowest BCUT2D eigenvalue weighted by atomic mass is 10.0. The molecule has 1 aliphatic carbocycles. The van der Waals surface area contributed by atoms with Gasteiger partial charge < -0.3 is 9.84 Å². The van der Waals surface area contributed by atoms with E-state index in [2.05, 4.69) is 0 Å². The maximum atomic E-state index is 10.5. The summed E-state index contributed by atoms with van der Waals surface area (Å²) < 4.78 is 5.99. The Kier molecular flexibility index (Phi) is 4.83. The molecule has 2 rings (SSSR count). The second-order valence-electron chi connectivity index (χ2n) is 5.62. The molecule has 1 aliphatic rings. The van der Waals surface area contributed by atoms with Gasteiger partial charge in [0.1, 0.15) is 5.75 Å². The first kappa shape index (κ1) is 14.6. The first-order valence-electron chi connectivity index (χ1n) is 7.21. The van der Waals surface area contributed by atoms with Crippen LogP contribution in [0.15, 0.2) is 18.2 Å². The zero-order valence-electron chi connectivity index (χ0n) is 12.2. The molecular formula is C17H22O3. The van der Waals surface area contributed by atoms with Crippen LogP contribution in [-0.4, -0.2) is 17.7 Å². The summed E-state index contributed by atoms with van der Waals surface area (Å²) in [5.74, 6) is 0.714. The number of carbonyl (C=O) groups is 1. The number of carboxylic acid groups (broad SMARTS) is 1. The van der Waals surface area contributed by atoms with Gasteiger partial charge >= 0.3 is 5.97 Å². The number of aryl methyl sites for hydroxylation is 2. The Morgan fingerprint density at radius 2 is 1.90 bits per heavy atom. The van der Waals surface area contributed by atoms with E-state index in [4.69, 9.17) is 9.84 Å². The van der Waals surface area contributed by atoms with Crippen molar-refractivity contribution in [3.8, 4) is 5.75 Å². The molecule has 20 heavy (non-hydrogen) atoms. The third-order valence-electron chi connectivity index (χ3n) is 3.84. The summed E-state index contributed by atoms with van der Waals surface area (Å²) >= 11 is 0. The van der Waals surface area contributed by atoms with Gasteiger partial charge in [-0.2, -0.15) is 0 Å². The highest BCUT2D eigenvalue weighted by atomic mass is 16.5. The third-order valence-corrected chi connectivity index (χ3v) is 3.84. The molecule has 0 amide bonds. The van der Waals surface area contributed by atoms with Crippen LogP contribution >= 0.6 is 0 Å². The number of hydrogen-bond donors (Lipinski definition) is 1. The van der Waals surface area contributed by atoms with E-state index < -0.39 is 5.97 Å². The zero-order chi connectivity index (χ0) is 14.5. The van der Waals surface area contributed by atoms with Gasteiger partial charge in [0, 0.05) is 6.08 Å². The van der Waals surface area contributed by atoms with Gasteiger partial charge in [0.25, 0.3) is 0 Å². The van der Waals surface area contributed by atoms with Crippen molar-refractivity contribution in [2.75, 3.05) is 6.61 Å². The van der Waals surface area contributed by atoms with Gasteiger partial charge in [0.2, 0.25) is 0 Å². The zero-order valence-corrected chi connectivity index (χ0v) is 12.2. The van der Waals surface area contributed by atoms with E-state index in [1.165, 1.54) is 25.7 Å². The van der Waals surface area contributed by atoms with Gasteiger partial charge in [0.05, 0.1) is 6.61 Å². The summed E-state index contributed by atoms with van der Waals surface area (Å²) in [7, 11) is 0. The molecule has 0 heterocycles. The monoisotopic (exact) mass is 274 g/mol. The molecule has 1 aromatic carbocycles. The second kappa shape index (κ2) is 6.60. The lowest BCUT2D eigenvalue weighted by Gasteiger charge is -2.16. The van der Waals surface area contributed by atoms with E-state index in [9.17, 15) is 4.79 Å². The van der Waals surface area contributed by atoms with Crippen molar-refractivity contribution in [3.05, 3.63) is 34.9 Å². The molecule has 0 aliphatic heterocycles. The minimum atomic E-state index is -0.929. The quantitative estimate of drug-likeness (QED) is 0.826. The van der Waals surface area contributed by atoms with Crippen molar-refractivity contribution in [2.45, 2.75) is 39.5 Å². The van der Waals surface area contributed by atoms with Gasteiger partial charge in [0.15, 0.2) is 0 Å². The highest BCUT2D eigenvalue weighted by Crippen LogP contribution is 2.29. The molecule has 0 aromatic heterocycles. The molecule has 3 heteroatoms. The molecule has 1 aromatic rings. The fraction of sp³-hybridized carbons (Fsp3) is 0.471. The number of carboxylic acids is 1. The van der Waals surface area contributed by atoms with Gasteiger partial charge in [-0.25, -0.2) is 4.79 Å². The van der Waals surface area contributed by atoms with Crippen LogP contribution in [0, 0.1) is 19.8 Å². The normalized spacial score (nSPS) is 15.9. The Morgan fingerprint density at radius 1 is 1.30 bits per heavy atom. The van der Waals surface area contributed by atoms with Crippen molar-refractivity contribution >= 4 is 12.0 Å². The predicted octanol–water partition coefficient (Wildman–Crippen LogP) is 3.97. The molecule has 1 N–H and O–H groups in total. The minimum Gasteiger partial charge on any atom is -0.493 e. The van der Waals surface area contributed by atoms with Crippen molar-refractivity contribution in [2.24, 2.45) is 5.92 Å². The fourth-order valence-electron chi connectivity index (χ4n) is 2.85. The summed E-state index contributed by atoms with van der Waals surface area (Å²) in [5.41, 5.74) is 3.02. The summed E-state index contributed by atoms with van der Waals surface area (Å²) in [6.45, 7) is 4.82. The molecule has 3 nitrogen and oxygen atoms in total. The standard InChI is InChI=1S/C17H22O3/c1-12-9-15(7-8-16(18)19)10-13(2)17(12)20-11-14-5-3-4-6-14/h7-10,14H,3-6,11H2,1-2H3,(H,18,19). The molecule has 0 radical (unpaired) electrons. The lowest BCUT2D eigenvalue weighted by molar-refractivity contribution is -0.131. The van der Waals surface area contributed by atoms with Crippen LogP contribution < -0.4 is 4.74 Å². The Balaban J connectivity index is 2.07. The molecule has 0 unspecified atom stereocenters. The van der Waals surface area contributed by atoms with Gasteiger partial charge in [-0.05, 0) is 67.5 Å². The van der Waals surface area contributed by atoms with Crippen molar-refractivity contribution < 1.29 is 14.6 Å². The van der Waals surface area contributed by atoms with Crippen LogP contribution in [0.5, 0.6) is 5.75 Å². The Bertz CT molecular complexity index is 488. The second-order valence-corrected chi connectivity index (χ2v) is 5.62. The van der Waals surface area contributed by atoms with Crippen LogP contribution in [-0.2, 0) is 4.79 Å². The fourth-order valence-corrected chi connectivity index (χ4v) is 2.85. The Labute approximate surface area is 120 Å². The summed E-state index contributed by atoms with van der Waals surface area (Å²) in [6.07, 6.45) is 7.97. The smallest absolute Gasteiger partial charge is 0.328 e. The van der Waals surface area contributed by atoms with Gasteiger partial charge in [-0.3, -0.25) is 0 Å². The van der Waals surface area contributed by atoms with E-state index in [1.54, 1.807) is 6.08 Å². The number of benzene rings is 1. The number of rotatable bonds is 5. The minimum absolute atomic E-state index is 0.695. The van der Waals surface area contributed by atoms with Crippen LogP contribution in [0.2, 0.25) is 0 Å². The van der Waals surface area contributed by atoms with Crippen molar-refractivity contribution in [1.29, 1.82) is 0 Å². The average molecular weight is 274 g/mol. The van der Waals surface area contributed by atoms with Crippen LogP contribution in [0.25, 0.3) is 6.08 Å². The topological polar surface area (TPSA) is 46.5 Å². The Morgan fingerprint density at radius 3 is 2.45 bits per heavy atom. The first-order valence-corrected chi connectivity index (χ1v) is 7.21. The first-order chi connectivity index (χ1) is 9.56. The van der Waals surface area contributed by atoms with E-state index in [0.717, 1.165) is 35.1 Å². The molecular weight excluding hydrogens is 252 g/mol. The largest absolute Gasteiger partial charge is 0.493 e. The predicted molar refractivity (Wildman–Crippen MR) is 80.0 cm³/mol. The maximum Gasteiger partial charge on any atom is 0.328 e. The van der Waals surface area contributed by atoms with E-state index >= 15 is 0 Å². The van der Waals surface area contributed by atoms with E-state index in [1.807, 2.05) is 26.0 Å². The van der Waals surface area contributed by atoms with Crippen LogP contribution in [0.1, 0.15) is 42.4 Å². The van der Waals surface area contributed by atoms with Crippen LogP contribution in [0.3, 0.4) is 0 Å². The molecule has 0 saturated heterocycles. The van der Waals surface area contributed by atoms with E-state index in [-0.39, 0.29) is 0 Å². The lowest BCUT2D eigenvalue weighted by Crippen LogP contribution is -2.09. The molecule has 1 fully saturated rings. The summed E-state index contributed by atoms with van der Waals surface area (Å²) in [6, 6.07) is 3.94. The molecule has 0 spiro atoms. The third kappa shape index (κ3) is 3.86. The summed E-state index contributed by atoms with van der Waals surface area (Å²) in [5, 5.41) is 8.66. The number of hydrogen-bond acceptors (Lipinski definition) is 2.